The van der Waals surface area contributed by atoms with Gasteiger partial charge in [-0.3, -0.25) is 4.90 Å². The van der Waals surface area contributed by atoms with Gasteiger partial charge in [0.25, 0.3) is 0 Å². The van der Waals surface area contributed by atoms with Crippen molar-refractivity contribution >= 4 is 17.3 Å². The number of methoxy groups -OCH3 is 1. The molecule has 1 aromatic rings. The van der Waals surface area contributed by atoms with E-state index >= 15 is 0 Å². The average molecular weight is 297 g/mol. The van der Waals surface area contributed by atoms with Crippen LogP contribution in [0.25, 0.3) is 0 Å². The van der Waals surface area contributed by atoms with E-state index in [1.807, 2.05) is 19.4 Å². The van der Waals surface area contributed by atoms with Crippen molar-refractivity contribution in [3.63, 3.8) is 0 Å². The van der Waals surface area contributed by atoms with Gasteiger partial charge in [0, 0.05) is 52.7 Å². The third-order valence-corrected chi connectivity index (χ3v) is 3.93. The maximum atomic E-state index is 5.37. The van der Waals surface area contributed by atoms with Crippen molar-refractivity contribution in [3.8, 4) is 0 Å². The topological polar surface area (TPSA) is 45.6 Å². The SMILES string of the molecule is COCNC(=S)N1CCCN(Cc2nccn2C)CC1. The lowest BCUT2D eigenvalue weighted by atomic mass is 10.4. The first-order chi connectivity index (χ1) is 9.70. The van der Waals surface area contributed by atoms with Crippen molar-refractivity contribution in [3.05, 3.63) is 18.2 Å². The van der Waals surface area contributed by atoms with Crippen LogP contribution < -0.4 is 5.32 Å². The number of ether oxygens (including phenoxy) is 1. The van der Waals surface area contributed by atoms with Crippen LogP contribution in [-0.4, -0.2) is 64.5 Å². The molecule has 0 spiro atoms. The molecule has 0 aliphatic carbocycles. The van der Waals surface area contributed by atoms with Crippen molar-refractivity contribution in [2.24, 2.45) is 7.05 Å². The van der Waals surface area contributed by atoms with Crippen LogP contribution in [0.4, 0.5) is 0 Å². The average Bonchev–Trinajstić information content (AvgIpc) is 2.71. The number of aryl methyl sites for hydroxylation is 1. The fourth-order valence-electron chi connectivity index (χ4n) is 2.33. The molecule has 7 heteroatoms. The van der Waals surface area contributed by atoms with Gasteiger partial charge in [0.15, 0.2) is 5.11 Å². The lowest BCUT2D eigenvalue weighted by molar-refractivity contribution is 0.188. The Balaban J connectivity index is 1.83. The van der Waals surface area contributed by atoms with E-state index in [9.17, 15) is 0 Å². The third kappa shape index (κ3) is 4.16. The van der Waals surface area contributed by atoms with Gasteiger partial charge in [0.1, 0.15) is 12.6 Å². The Morgan fingerprint density at radius 3 is 2.95 bits per heavy atom. The number of imidazole rings is 1. The summed E-state index contributed by atoms with van der Waals surface area (Å²) in [5, 5.41) is 3.88. The van der Waals surface area contributed by atoms with Crippen molar-refractivity contribution in [1.29, 1.82) is 0 Å². The second-order valence-electron chi connectivity index (χ2n) is 4.99. The summed E-state index contributed by atoms with van der Waals surface area (Å²) in [6, 6.07) is 0. The molecule has 2 heterocycles. The molecule has 1 aliphatic heterocycles. The lowest BCUT2D eigenvalue weighted by Gasteiger charge is -2.24. The van der Waals surface area contributed by atoms with E-state index in [1.165, 1.54) is 0 Å². The second-order valence-corrected chi connectivity index (χ2v) is 5.37. The Morgan fingerprint density at radius 2 is 2.25 bits per heavy atom. The van der Waals surface area contributed by atoms with Crippen molar-refractivity contribution < 1.29 is 4.74 Å². The Morgan fingerprint density at radius 1 is 1.40 bits per heavy atom. The summed E-state index contributed by atoms with van der Waals surface area (Å²) in [5.74, 6) is 1.11. The molecule has 1 fully saturated rings. The molecule has 0 unspecified atom stereocenters. The highest BCUT2D eigenvalue weighted by atomic mass is 32.1. The Labute approximate surface area is 125 Å². The van der Waals surface area contributed by atoms with Crippen LogP contribution in [0.15, 0.2) is 12.4 Å². The third-order valence-electron chi connectivity index (χ3n) is 3.53. The number of rotatable bonds is 4. The highest BCUT2D eigenvalue weighted by molar-refractivity contribution is 7.80. The van der Waals surface area contributed by atoms with E-state index in [2.05, 4.69) is 24.7 Å². The molecule has 0 aromatic carbocycles. The van der Waals surface area contributed by atoms with Gasteiger partial charge in [-0.1, -0.05) is 0 Å². The minimum absolute atomic E-state index is 0.465. The molecular weight excluding hydrogens is 274 g/mol. The van der Waals surface area contributed by atoms with Crippen LogP contribution in [0.5, 0.6) is 0 Å². The van der Waals surface area contributed by atoms with Crippen LogP contribution in [-0.2, 0) is 18.3 Å². The van der Waals surface area contributed by atoms with Gasteiger partial charge in [0.05, 0.1) is 6.54 Å². The van der Waals surface area contributed by atoms with Crippen LogP contribution in [0.1, 0.15) is 12.2 Å². The summed E-state index contributed by atoms with van der Waals surface area (Å²) in [7, 11) is 3.70. The molecule has 0 bridgehead atoms. The van der Waals surface area contributed by atoms with Crippen molar-refractivity contribution in [2.45, 2.75) is 13.0 Å². The molecule has 2 rings (SSSR count). The van der Waals surface area contributed by atoms with Crippen LogP contribution in [0.2, 0.25) is 0 Å². The Hall–Kier alpha value is -1.18. The first-order valence-corrected chi connectivity index (χ1v) is 7.32. The van der Waals surface area contributed by atoms with Crippen molar-refractivity contribution in [2.75, 3.05) is 40.0 Å². The van der Waals surface area contributed by atoms with Crippen LogP contribution >= 0.6 is 12.2 Å². The van der Waals surface area contributed by atoms with Gasteiger partial charge < -0.3 is 19.5 Å². The van der Waals surface area contributed by atoms with Gasteiger partial charge in [-0.2, -0.15) is 0 Å². The molecule has 0 radical (unpaired) electrons. The smallest absolute Gasteiger partial charge is 0.170 e. The fourth-order valence-corrected chi connectivity index (χ4v) is 2.57. The fraction of sp³-hybridized carbons (Fsp3) is 0.692. The number of hydrogen-bond acceptors (Lipinski definition) is 4. The van der Waals surface area contributed by atoms with Gasteiger partial charge in [-0.05, 0) is 18.6 Å². The number of nitrogens with zero attached hydrogens (tertiary/aromatic N) is 4. The zero-order chi connectivity index (χ0) is 14.4. The number of nitrogens with one attached hydrogen (secondary N) is 1. The minimum Gasteiger partial charge on any atom is -0.365 e. The molecule has 6 nitrogen and oxygen atoms in total. The maximum Gasteiger partial charge on any atom is 0.170 e. The van der Waals surface area contributed by atoms with Crippen LogP contribution in [0, 0.1) is 0 Å². The molecule has 0 atom stereocenters. The zero-order valence-corrected chi connectivity index (χ0v) is 13.0. The maximum absolute atomic E-state index is 5.37. The Bertz CT molecular complexity index is 436. The van der Waals surface area contributed by atoms with Crippen LogP contribution in [0.3, 0.4) is 0 Å². The molecule has 1 aromatic heterocycles. The molecule has 112 valence electrons. The van der Waals surface area contributed by atoms with Gasteiger partial charge in [-0.25, -0.2) is 4.98 Å². The minimum atomic E-state index is 0.465. The largest absolute Gasteiger partial charge is 0.365 e. The Kier molecular flexibility index (Phi) is 5.75. The van der Waals surface area contributed by atoms with Gasteiger partial charge in [0.2, 0.25) is 0 Å². The summed E-state index contributed by atoms with van der Waals surface area (Å²) in [5.41, 5.74) is 0. The first-order valence-electron chi connectivity index (χ1n) is 6.91. The highest BCUT2D eigenvalue weighted by Crippen LogP contribution is 2.07. The van der Waals surface area contributed by atoms with E-state index in [0.717, 1.165) is 50.1 Å². The molecule has 1 N–H and O–H groups in total. The normalized spacial score (nSPS) is 17.0. The molecule has 0 saturated carbocycles. The highest BCUT2D eigenvalue weighted by Gasteiger charge is 2.17. The molecule has 0 amide bonds. The lowest BCUT2D eigenvalue weighted by Crippen LogP contribution is -2.42. The van der Waals surface area contributed by atoms with Gasteiger partial charge >= 0.3 is 0 Å². The van der Waals surface area contributed by atoms with E-state index in [0.29, 0.717) is 6.73 Å². The molecular formula is C13H23N5OS. The monoisotopic (exact) mass is 297 g/mol. The number of thiocarbonyl (C=S) groups is 1. The second kappa shape index (κ2) is 7.56. The van der Waals surface area contributed by atoms with E-state index in [-0.39, 0.29) is 0 Å². The summed E-state index contributed by atoms with van der Waals surface area (Å²) in [6.07, 6.45) is 4.95. The summed E-state index contributed by atoms with van der Waals surface area (Å²) in [4.78, 5) is 9.04. The van der Waals surface area contributed by atoms with E-state index in [1.54, 1.807) is 7.11 Å². The zero-order valence-electron chi connectivity index (χ0n) is 12.2. The summed E-state index contributed by atoms with van der Waals surface area (Å²) >= 11 is 5.37. The number of aromatic nitrogens is 2. The van der Waals surface area contributed by atoms with Crippen molar-refractivity contribution in [1.82, 2.24) is 24.7 Å². The summed E-state index contributed by atoms with van der Waals surface area (Å²) in [6.45, 7) is 5.38. The van der Waals surface area contributed by atoms with Gasteiger partial charge in [-0.15, -0.1) is 0 Å². The first kappa shape index (κ1) is 15.2. The number of hydrogen-bond donors (Lipinski definition) is 1. The predicted octanol–water partition coefficient (Wildman–Crippen LogP) is 0.406. The summed E-state index contributed by atoms with van der Waals surface area (Å²) < 4.78 is 7.07. The quantitative estimate of drug-likeness (QED) is 0.641. The van der Waals surface area contributed by atoms with E-state index < -0.39 is 0 Å². The molecule has 1 saturated heterocycles. The standard InChI is InChI=1S/C13H23N5OS/c1-16-7-4-14-12(16)10-17-5-3-6-18(9-8-17)13(20)15-11-19-2/h4,7H,3,5-6,8-11H2,1-2H3,(H,15,20). The van der Waals surface area contributed by atoms with E-state index in [4.69, 9.17) is 17.0 Å². The predicted molar refractivity (Wildman–Crippen MR) is 82.3 cm³/mol. The molecule has 1 aliphatic rings. The molecule has 20 heavy (non-hydrogen) atoms.